The molecule has 0 aliphatic rings. The molecule has 6 heteroatoms. The van der Waals surface area contributed by atoms with Gasteiger partial charge < -0.3 is 0 Å². The van der Waals surface area contributed by atoms with Crippen LogP contribution in [-0.4, -0.2) is 11.3 Å². The summed E-state index contributed by atoms with van der Waals surface area (Å²) < 4.78 is 25.0. The molecule has 0 aliphatic heterocycles. The van der Waals surface area contributed by atoms with Crippen LogP contribution in [0, 0.1) is 11.3 Å². The Bertz CT molecular complexity index is 415. The number of halogens is 3. The molecule has 0 saturated heterocycles. The van der Waals surface area contributed by atoms with Gasteiger partial charge in [-0.1, -0.05) is 0 Å². The van der Waals surface area contributed by atoms with Crippen LogP contribution < -0.4 is 0 Å². The number of pyridine rings is 1. The van der Waals surface area contributed by atoms with Gasteiger partial charge in [0.1, 0.15) is 6.07 Å². The number of nitriles is 1. The first kappa shape index (κ1) is 10.7. The molecule has 3 nitrogen and oxygen atoms in total. The number of alkyl halides is 2. The fourth-order valence-electron chi connectivity index (χ4n) is 0.947. The molecule has 1 aromatic rings. The van der Waals surface area contributed by atoms with Crippen LogP contribution >= 0.6 is 15.9 Å². The van der Waals surface area contributed by atoms with E-state index in [4.69, 9.17) is 5.26 Å². The Balaban J connectivity index is 3.52. The van der Waals surface area contributed by atoms with Gasteiger partial charge in [-0.05, 0) is 15.9 Å². The lowest BCUT2D eigenvalue weighted by molar-refractivity contribution is 0.110. The molecule has 1 rings (SSSR count). The first-order chi connectivity index (χ1) is 6.61. The monoisotopic (exact) mass is 260 g/mol. The third kappa shape index (κ3) is 1.77. The van der Waals surface area contributed by atoms with Gasteiger partial charge in [0.05, 0.1) is 5.56 Å². The predicted molar refractivity (Wildman–Crippen MR) is 47.0 cm³/mol. The lowest BCUT2D eigenvalue weighted by atomic mass is 10.1. The van der Waals surface area contributed by atoms with Crippen molar-refractivity contribution in [1.82, 2.24) is 4.98 Å². The normalized spacial score (nSPS) is 9.93. The van der Waals surface area contributed by atoms with Gasteiger partial charge in [-0.3, -0.25) is 4.79 Å². The molecule has 0 N–H and O–H groups in total. The van der Waals surface area contributed by atoms with E-state index in [9.17, 15) is 13.6 Å². The lowest BCUT2D eigenvalue weighted by Gasteiger charge is -2.06. The zero-order valence-electron chi connectivity index (χ0n) is 6.67. The highest BCUT2D eigenvalue weighted by molar-refractivity contribution is 9.10. The number of aldehydes is 1. The molecule has 0 bridgehead atoms. The maximum Gasteiger partial charge on any atom is 0.265 e. The number of hydrogen-bond acceptors (Lipinski definition) is 3. The standard InChI is InChI=1S/C8H3BrF2N2O/c9-5-2-13-6(1-12)4(3-14)7(5)8(10)11/h2-3,8H. The van der Waals surface area contributed by atoms with Gasteiger partial charge in [0.25, 0.3) is 6.43 Å². The molecule has 0 aromatic carbocycles. The summed E-state index contributed by atoms with van der Waals surface area (Å²) >= 11 is 2.84. The number of nitrogens with zero attached hydrogens (tertiary/aromatic N) is 2. The van der Waals surface area contributed by atoms with Crippen molar-refractivity contribution in [2.75, 3.05) is 0 Å². The first-order valence-electron chi connectivity index (χ1n) is 3.43. The van der Waals surface area contributed by atoms with Crippen molar-refractivity contribution in [2.45, 2.75) is 6.43 Å². The lowest BCUT2D eigenvalue weighted by Crippen LogP contribution is -2.01. The third-order valence-corrected chi connectivity index (χ3v) is 2.18. The van der Waals surface area contributed by atoms with Crippen molar-refractivity contribution in [2.24, 2.45) is 0 Å². The summed E-state index contributed by atoms with van der Waals surface area (Å²) in [6.45, 7) is 0. The van der Waals surface area contributed by atoms with Crippen molar-refractivity contribution in [3.05, 3.63) is 27.5 Å². The number of rotatable bonds is 2. The zero-order valence-corrected chi connectivity index (χ0v) is 8.25. The van der Waals surface area contributed by atoms with Crippen LogP contribution in [0.5, 0.6) is 0 Å². The molecule has 0 aliphatic carbocycles. The SMILES string of the molecule is N#Cc1ncc(Br)c(C(F)F)c1C=O. The van der Waals surface area contributed by atoms with Gasteiger partial charge in [-0.25, -0.2) is 13.8 Å². The van der Waals surface area contributed by atoms with E-state index in [-0.39, 0.29) is 22.0 Å². The molecule has 0 radical (unpaired) electrons. The fraction of sp³-hybridized carbons (Fsp3) is 0.125. The highest BCUT2D eigenvalue weighted by Crippen LogP contribution is 2.30. The van der Waals surface area contributed by atoms with Gasteiger partial charge in [-0.15, -0.1) is 0 Å². The summed E-state index contributed by atoms with van der Waals surface area (Å²) in [5.41, 5.74) is -1.15. The molecule has 1 heterocycles. The quantitative estimate of drug-likeness (QED) is 0.768. The average molecular weight is 261 g/mol. The van der Waals surface area contributed by atoms with Gasteiger partial charge in [0.2, 0.25) is 0 Å². The Morgan fingerprint density at radius 3 is 2.71 bits per heavy atom. The van der Waals surface area contributed by atoms with E-state index in [1.54, 1.807) is 6.07 Å². The van der Waals surface area contributed by atoms with E-state index in [0.29, 0.717) is 0 Å². The predicted octanol–water partition coefficient (Wildman–Crippen LogP) is 2.47. The molecule has 0 saturated carbocycles. The number of hydrogen-bond donors (Lipinski definition) is 0. The van der Waals surface area contributed by atoms with Crippen molar-refractivity contribution in [3.63, 3.8) is 0 Å². The average Bonchev–Trinajstić information content (AvgIpc) is 2.16. The van der Waals surface area contributed by atoms with Crippen LogP contribution in [0.4, 0.5) is 8.78 Å². The maximum atomic E-state index is 12.5. The van der Waals surface area contributed by atoms with Crippen molar-refractivity contribution >= 4 is 22.2 Å². The molecule has 0 atom stereocenters. The number of carbonyl (C=O) groups excluding carboxylic acids is 1. The minimum Gasteiger partial charge on any atom is -0.298 e. The molecular formula is C8H3BrF2N2O. The Kier molecular flexibility index (Phi) is 3.25. The Morgan fingerprint density at radius 1 is 1.64 bits per heavy atom. The number of carbonyl (C=O) groups is 1. The zero-order chi connectivity index (χ0) is 10.7. The fourth-order valence-corrected chi connectivity index (χ4v) is 1.44. The molecule has 0 amide bonds. The summed E-state index contributed by atoms with van der Waals surface area (Å²) in [7, 11) is 0. The minimum absolute atomic E-state index is 0.0219. The Hall–Kier alpha value is -1.35. The van der Waals surface area contributed by atoms with Crippen LogP contribution in [0.3, 0.4) is 0 Å². The van der Waals surface area contributed by atoms with E-state index >= 15 is 0 Å². The van der Waals surface area contributed by atoms with Crippen LogP contribution in [0.25, 0.3) is 0 Å². The molecule has 14 heavy (non-hydrogen) atoms. The summed E-state index contributed by atoms with van der Waals surface area (Å²) in [5.74, 6) is 0. The van der Waals surface area contributed by atoms with E-state index < -0.39 is 12.0 Å². The van der Waals surface area contributed by atoms with Gasteiger partial charge in [0.15, 0.2) is 12.0 Å². The first-order valence-corrected chi connectivity index (χ1v) is 4.23. The van der Waals surface area contributed by atoms with Crippen LogP contribution in [0.15, 0.2) is 10.7 Å². The van der Waals surface area contributed by atoms with Crippen LogP contribution in [0.1, 0.15) is 28.0 Å². The highest BCUT2D eigenvalue weighted by atomic mass is 79.9. The van der Waals surface area contributed by atoms with Crippen molar-refractivity contribution < 1.29 is 13.6 Å². The van der Waals surface area contributed by atoms with E-state index in [0.717, 1.165) is 6.20 Å². The Morgan fingerprint density at radius 2 is 2.29 bits per heavy atom. The molecule has 0 spiro atoms. The number of aromatic nitrogens is 1. The molecule has 1 aromatic heterocycles. The second-order valence-corrected chi connectivity index (χ2v) is 3.17. The van der Waals surface area contributed by atoms with Crippen molar-refractivity contribution in [1.29, 1.82) is 5.26 Å². The largest absolute Gasteiger partial charge is 0.298 e. The van der Waals surface area contributed by atoms with Crippen LogP contribution in [-0.2, 0) is 0 Å². The summed E-state index contributed by atoms with van der Waals surface area (Å²) in [5, 5.41) is 8.52. The second-order valence-electron chi connectivity index (χ2n) is 2.31. The van der Waals surface area contributed by atoms with Crippen LogP contribution in [0.2, 0.25) is 0 Å². The van der Waals surface area contributed by atoms with E-state index in [2.05, 4.69) is 20.9 Å². The topological polar surface area (TPSA) is 53.8 Å². The van der Waals surface area contributed by atoms with Crippen molar-refractivity contribution in [3.8, 4) is 6.07 Å². The van der Waals surface area contributed by atoms with Gasteiger partial charge in [0, 0.05) is 16.2 Å². The molecule has 72 valence electrons. The van der Waals surface area contributed by atoms with Gasteiger partial charge in [-0.2, -0.15) is 5.26 Å². The van der Waals surface area contributed by atoms with Gasteiger partial charge >= 0.3 is 0 Å². The smallest absolute Gasteiger partial charge is 0.265 e. The molecule has 0 unspecified atom stereocenters. The third-order valence-electron chi connectivity index (χ3n) is 1.55. The van der Waals surface area contributed by atoms with E-state index in [1.807, 2.05) is 0 Å². The molecular weight excluding hydrogens is 258 g/mol. The maximum absolute atomic E-state index is 12.5. The summed E-state index contributed by atoms with van der Waals surface area (Å²) in [6.07, 6.45) is -1.54. The molecule has 0 fully saturated rings. The summed E-state index contributed by atoms with van der Waals surface area (Å²) in [4.78, 5) is 14.1. The minimum atomic E-state index is -2.82. The Labute approximate surface area is 86.5 Å². The second kappa shape index (κ2) is 4.24. The van der Waals surface area contributed by atoms with E-state index in [1.165, 1.54) is 0 Å². The summed E-state index contributed by atoms with van der Waals surface area (Å²) in [6, 6.07) is 1.57. The highest BCUT2D eigenvalue weighted by Gasteiger charge is 2.20.